The van der Waals surface area contributed by atoms with E-state index in [0.29, 0.717) is 24.0 Å². The van der Waals surface area contributed by atoms with E-state index in [4.69, 9.17) is 4.74 Å². The van der Waals surface area contributed by atoms with E-state index in [9.17, 15) is 9.59 Å². The SMILES string of the molecule is CCCCCCCCCCCCC(=O)O[C@H]1CC[C@H]2[C@@H]3CCC4=CC(=O)CC[C@]4(C)[C@H]3CC[C@]12C. The fourth-order valence-corrected chi connectivity index (χ4v) is 8.68. The predicted molar refractivity (Wildman–Crippen MR) is 143 cm³/mol. The van der Waals surface area contributed by atoms with Crippen LogP contribution in [0.2, 0.25) is 0 Å². The molecule has 198 valence electrons. The topological polar surface area (TPSA) is 43.4 Å². The second kappa shape index (κ2) is 12.0. The van der Waals surface area contributed by atoms with Crippen LogP contribution in [0.1, 0.15) is 143 Å². The summed E-state index contributed by atoms with van der Waals surface area (Å²) < 4.78 is 6.20. The number of carbonyl (C=O) groups is 2. The van der Waals surface area contributed by atoms with E-state index in [-0.39, 0.29) is 22.9 Å². The van der Waals surface area contributed by atoms with Gasteiger partial charge >= 0.3 is 5.97 Å². The lowest BCUT2D eigenvalue weighted by molar-refractivity contribution is -0.160. The first-order valence-corrected chi connectivity index (χ1v) is 15.3. The third-order valence-electron chi connectivity index (χ3n) is 10.9. The largest absolute Gasteiger partial charge is 0.462 e. The van der Waals surface area contributed by atoms with Gasteiger partial charge in [0.05, 0.1) is 0 Å². The molecule has 0 spiro atoms. The normalized spacial score (nSPS) is 36.2. The molecule has 0 unspecified atom stereocenters. The Morgan fingerprint density at radius 2 is 1.54 bits per heavy atom. The number of allylic oxidation sites excluding steroid dienone is 1. The molecule has 4 aliphatic carbocycles. The highest BCUT2D eigenvalue weighted by molar-refractivity contribution is 5.91. The number of esters is 1. The van der Waals surface area contributed by atoms with E-state index < -0.39 is 0 Å². The van der Waals surface area contributed by atoms with Crippen LogP contribution >= 0.6 is 0 Å². The lowest BCUT2D eigenvalue weighted by Crippen LogP contribution is -2.51. The van der Waals surface area contributed by atoms with E-state index >= 15 is 0 Å². The average molecular weight is 485 g/mol. The van der Waals surface area contributed by atoms with Gasteiger partial charge in [0, 0.05) is 18.3 Å². The van der Waals surface area contributed by atoms with E-state index in [1.807, 2.05) is 6.08 Å². The van der Waals surface area contributed by atoms with Crippen molar-refractivity contribution in [1.82, 2.24) is 0 Å². The summed E-state index contributed by atoms with van der Waals surface area (Å²) in [7, 11) is 0. The summed E-state index contributed by atoms with van der Waals surface area (Å²) in [6.07, 6.45) is 24.4. The third kappa shape index (κ3) is 5.90. The third-order valence-corrected chi connectivity index (χ3v) is 10.9. The summed E-state index contributed by atoms with van der Waals surface area (Å²) in [5.74, 6) is 2.49. The minimum absolute atomic E-state index is 0.0465. The van der Waals surface area contributed by atoms with Gasteiger partial charge in [-0.1, -0.05) is 84.1 Å². The highest BCUT2D eigenvalue weighted by Gasteiger charge is 2.59. The zero-order chi connectivity index (χ0) is 24.9. The number of hydrogen-bond donors (Lipinski definition) is 0. The zero-order valence-electron chi connectivity index (χ0n) is 23.0. The summed E-state index contributed by atoms with van der Waals surface area (Å²) >= 11 is 0. The van der Waals surface area contributed by atoms with Gasteiger partial charge in [0.2, 0.25) is 0 Å². The number of hydrogen-bond acceptors (Lipinski definition) is 3. The van der Waals surface area contributed by atoms with Gasteiger partial charge in [-0.3, -0.25) is 9.59 Å². The number of rotatable bonds is 12. The molecule has 6 atom stereocenters. The maximum atomic E-state index is 12.7. The summed E-state index contributed by atoms with van der Waals surface area (Å²) in [5, 5.41) is 0. The Bertz CT molecular complexity index is 769. The van der Waals surface area contributed by atoms with Gasteiger partial charge < -0.3 is 4.74 Å². The van der Waals surface area contributed by atoms with Gasteiger partial charge in [0.25, 0.3) is 0 Å². The molecule has 0 amide bonds. The molecule has 0 aromatic heterocycles. The van der Waals surface area contributed by atoms with Crippen molar-refractivity contribution < 1.29 is 14.3 Å². The van der Waals surface area contributed by atoms with Crippen LogP contribution in [-0.4, -0.2) is 17.9 Å². The number of ketones is 1. The Balaban J connectivity index is 1.20. The first-order valence-electron chi connectivity index (χ1n) is 15.3. The van der Waals surface area contributed by atoms with E-state index in [1.165, 1.54) is 82.6 Å². The second-order valence-corrected chi connectivity index (χ2v) is 13.0. The first-order chi connectivity index (χ1) is 16.9. The van der Waals surface area contributed by atoms with Crippen LogP contribution in [0.5, 0.6) is 0 Å². The number of fused-ring (bicyclic) bond motifs is 5. The molecule has 0 aromatic rings. The maximum Gasteiger partial charge on any atom is 0.306 e. The van der Waals surface area contributed by atoms with Crippen molar-refractivity contribution in [3.05, 3.63) is 11.6 Å². The highest BCUT2D eigenvalue weighted by atomic mass is 16.5. The van der Waals surface area contributed by atoms with Gasteiger partial charge in [-0.25, -0.2) is 0 Å². The van der Waals surface area contributed by atoms with E-state index in [2.05, 4.69) is 20.8 Å². The van der Waals surface area contributed by atoms with Gasteiger partial charge in [-0.2, -0.15) is 0 Å². The minimum Gasteiger partial charge on any atom is -0.462 e. The van der Waals surface area contributed by atoms with Crippen LogP contribution in [0.15, 0.2) is 11.6 Å². The molecule has 35 heavy (non-hydrogen) atoms. The Kier molecular flexibility index (Phi) is 9.19. The molecule has 3 nitrogen and oxygen atoms in total. The molecule has 0 bridgehead atoms. The number of unbranched alkanes of at least 4 members (excludes halogenated alkanes) is 9. The molecule has 0 heterocycles. The smallest absolute Gasteiger partial charge is 0.306 e. The molecular weight excluding hydrogens is 432 g/mol. The zero-order valence-corrected chi connectivity index (χ0v) is 23.0. The van der Waals surface area contributed by atoms with Crippen molar-refractivity contribution in [2.75, 3.05) is 0 Å². The summed E-state index contributed by atoms with van der Waals surface area (Å²) in [4.78, 5) is 24.8. The van der Waals surface area contributed by atoms with Crippen LogP contribution < -0.4 is 0 Å². The minimum atomic E-state index is 0.0465. The Labute approximate surface area is 215 Å². The fourth-order valence-electron chi connectivity index (χ4n) is 8.68. The molecule has 0 aromatic carbocycles. The Hall–Kier alpha value is -1.12. The Morgan fingerprint density at radius 1 is 0.857 bits per heavy atom. The number of carbonyl (C=O) groups excluding carboxylic acids is 2. The van der Waals surface area contributed by atoms with Crippen molar-refractivity contribution in [2.24, 2.45) is 28.6 Å². The molecule has 0 saturated heterocycles. The summed E-state index contributed by atoms with van der Waals surface area (Å²) in [6, 6.07) is 0. The molecular formula is C32H52O3. The van der Waals surface area contributed by atoms with Gasteiger partial charge in [-0.05, 0) is 80.6 Å². The monoisotopic (exact) mass is 484 g/mol. The van der Waals surface area contributed by atoms with Crippen molar-refractivity contribution >= 4 is 11.8 Å². The van der Waals surface area contributed by atoms with Crippen LogP contribution in [0.3, 0.4) is 0 Å². The molecule has 4 aliphatic rings. The first kappa shape index (κ1) is 26.9. The van der Waals surface area contributed by atoms with Crippen LogP contribution in [0, 0.1) is 28.6 Å². The van der Waals surface area contributed by atoms with Crippen LogP contribution in [0.25, 0.3) is 0 Å². The molecule has 0 radical (unpaired) electrons. The fraction of sp³-hybridized carbons (Fsp3) is 0.875. The van der Waals surface area contributed by atoms with Crippen molar-refractivity contribution in [1.29, 1.82) is 0 Å². The molecule has 0 aliphatic heterocycles. The average Bonchev–Trinajstić information content (AvgIpc) is 3.16. The van der Waals surface area contributed by atoms with Gasteiger partial charge in [-0.15, -0.1) is 0 Å². The summed E-state index contributed by atoms with van der Waals surface area (Å²) in [5.41, 5.74) is 1.81. The Morgan fingerprint density at radius 3 is 2.26 bits per heavy atom. The predicted octanol–water partition coefficient (Wildman–Crippen LogP) is 8.74. The van der Waals surface area contributed by atoms with Crippen molar-refractivity contribution in [2.45, 2.75) is 149 Å². The lowest BCUT2D eigenvalue weighted by Gasteiger charge is -2.57. The number of ether oxygens (including phenoxy) is 1. The second-order valence-electron chi connectivity index (χ2n) is 13.0. The van der Waals surface area contributed by atoms with Crippen LogP contribution in [0.4, 0.5) is 0 Å². The molecule has 3 saturated carbocycles. The highest BCUT2D eigenvalue weighted by Crippen LogP contribution is 2.65. The van der Waals surface area contributed by atoms with Crippen molar-refractivity contribution in [3.63, 3.8) is 0 Å². The lowest BCUT2D eigenvalue weighted by atomic mass is 9.47. The van der Waals surface area contributed by atoms with Crippen LogP contribution in [-0.2, 0) is 14.3 Å². The molecule has 3 fully saturated rings. The molecule has 0 N–H and O–H groups in total. The van der Waals surface area contributed by atoms with Gasteiger partial charge in [0.1, 0.15) is 6.10 Å². The maximum absolute atomic E-state index is 12.7. The van der Waals surface area contributed by atoms with Crippen molar-refractivity contribution in [3.8, 4) is 0 Å². The summed E-state index contributed by atoms with van der Waals surface area (Å²) in [6.45, 7) is 7.15. The quantitative estimate of drug-likeness (QED) is 0.205. The van der Waals surface area contributed by atoms with E-state index in [1.54, 1.807) is 0 Å². The molecule has 4 rings (SSSR count). The van der Waals surface area contributed by atoms with E-state index in [0.717, 1.165) is 44.4 Å². The standard InChI is InChI=1S/C32H52O3/c1-4-5-6-7-8-9-10-11-12-13-14-30(34)35-29-18-17-27-26-16-15-24-23-25(33)19-21-31(24,2)28(26)20-22-32(27,29)3/h23,26-29H,4-22H2,1-3H3/t26-,27-,28-,29-,31-,32-/m0/s1. The molecule has 3 heteroatoms. The van der Waals surface area contributed by atoms with Gasteiger partial charge in [0.15, 0.2) is 5.78 Å².